The van der Waals surface area contributed by atoms with Crippen LogP contribution in [0.3, 0.4) is 0 Å². The van der Waals surface area contributed by atoms with Crippen LogP contribution >= 0.6 is 0 Å². The van der Waals surface area contributed by atoms with Gasteiger partial charge in [0.05, 0.1) is 0 Å². The minimum Gasteiger partial charge on any atom is -0.353 e. The highest BCUT2D eigenvalue weighted by Crippen LogP contribution is 2.44. The molecular formula is C19H27NO. The molecule has 0 unspecified atom stereocenters. The predicted molar refractivity (Wildman–Crippen MR) is 86.2 cm³/mol. The van der Waals surface area contributed by atoms with E-state index in [2.05, 4.69) is 43.4 Å². The van der Waals surface area contributed by atoms with Gasteiger partial charge in [-0.1, -0.05) is 44.5 Å². The smallest absolute Gasteiger partial charge is 0.220 e. The molecule has 1 aromatic carbocycles. The van der Waals surface area contributed by atoms with Gasteiger partial charge in [-0.25, -0.2) is 0 Å². The van der Waals surface area contributed by atoms with Crippen molar-refractivity contribution in [2.45, 2.75) is 64.3 Å². The van der Waals surface area contributed by atoms with Crippen molar-refractivity contribution < 1.29 is 4.79 Å². The molecule has 1 aromatic rings. The van der Waals surface area contributed by atoms with Gasteiger partial charge in [0.1, 0.15) is 0 Å². The fourth-order valence-electron chi connectivity index (χ4n) is 4.03. The van der Waals surface area contributed by atoms with Gasteiger partial charge in [-0.2, -0.15) is 0 Å². The summed E-state index contributed by atoms with van der Waals surface area (Å²) >= 11 is 0. The zero-order chi connectivity index (χ0) is 14.8. The lowest BCUT2D eigenvalue weighted by Gasteiger charge is -2.22. The minimum atomic E-state index is 0.237. The van der Waals surface area contributed by atoms with Crippen LogP contribution in [0.4, 0.5) is 0 Å². The topological polar surface area (TPSA) is 29.1 Å². The summed E-state index contributed by atoms with van der Waals surface area (Å²) in [6.45, 7) is 4.41. The number of hydrogen-bond acceptors (Lipinski definition) is 1. The summed E-state index contributed by atoms with van der Waals surface area (Å²) in [7, 11) is 0. The van der Waals surface area contributed by atoms with E-state index >= 15 is 0 Å². The van der Waals surface area contributed by atoms with E-state index in [9.17, 15) is 4.79 Å². The number of carbonyl (C=O) groups is 1. The second-order valence-corrected chi connectivity index (χ2v) is 7.25. The van der Waals surface area contributed by atoms with E-state index in [-0.39, 0.29) is 5.91 Å². The molecule has 2 aliphatic carbocycles. The molecule has 2 nitrogen and oxygen atoms in total. The highest BCUT2D eigenvalue weighted by molar-refractivity contribution is 5.76. The number of carbonyl (C=O) groups excluding carboxylic acids is 1. The maximum absolute atomic E-state index is 12.1. The molecule has 21 heavy (non-hydrogen) atoms. The molecule has 1 N–H and O–H groups in total. The highest BCUT2D eigenvalue weighted by Gasteiger charge is 2.39. The molecule has 114 valence electrons. The molecule has 0 saturated heterocycles. The van der Waals surface area contributed by atoms with Crippen LogP contribution in [-0.4, -0.2) is 11.9 Å². The molecule has 1 amide bonds. The molecule has 0 aliphatic heterocycles. The molecule has 2 fully saturated rings. The number of fused-ring (bicyclic) bond motifs is 2. The Labute approximate surface area is 128 Å². The van der Waals surface area contributed by atoms with Crippen LogP contribution in [0.1, 0.15) is 63.0 Å². The number of amides is 1. The van der Waals surface area contributed by atoms with Crippen molar-refractivity contribution >= 4 is 5.91 Å². The summed E-state index contributed by atoms with van der Waals surface area (Å²) in [5.41, 5.74) is 2.63. The highest BCUT2D eigenvalue weighted by atomic mass is 16.1. The van der Waals surface area contributed by atoms with E-state index in [1.165, 1.54) is 36.8 Å². The van der Waals surface area contributed by atoms with Crippen molar-refractivity contribution in [3.63, 3.8) is 0 Å². The van der Waals surface area contributed by atoms with E-state index in [1.54, 1.807) is 0 Å². The first kappa shape index (κ1) is 14.6. The molecular weight excluding hydrogens is 258 g/mol. The Morgan fingerprint density at radius 3 is 2.52 bits per heavy atom. The summed E-state index contributed by atoms with van der Waals surface area (Å²) in [4.78, 5) is 12.1. The maximum atomic E-state index is 12.1. The lowest BCUT2D eigenvalue weighted by atomic mass is 9.95. The molecule has 2 aliphatic rings. The van der Waals surface area contributed by atoms with Crippen molar-refractivity contribution in [2.24, 2.45) is 11.8 Å². The third-order valence-corrected chi connectivity index (χ3v) is 5.37. The maximum Gasteiger partial charge on any atom is 0.220 e. The van der Waals surface area contributed by atoms with Crippen molar-refractivity contribution in [1.29, 1.82) is 0 Å². The van der Waals surface area contributed by atoms with Crippen LogP contribution in [0.5, 0.6) is 0 Å². The van der Waals surface area contributed by atoms with Crippen molar-refractivity contribution in [3.8, 4) is 0 Å². The van der Waals surface area contributed by atoms with Gasteiger partial charge in [-0.3, -0.25) is 4.79 Å². The van der Waals surface area contributed by atoms with Gasteiger partial charge in [0.25, 0.3) is 0 Å². The van der Waals surface area contributed by atoms with E-state index < -0.39 is 0 Å². The van der Waals surface area contributed by atoms with Gasteiger partial charge in [0, 0.05) is 12.5 Å². The lowest BCUT2D eigenvalue weighted by molar-refractivity contribution is -0.122. The van der Waals surface area contributed by atoms with Gasteiger partial charge < -0.3 is 5.32 Å². The lowest BCUT2D eigenvalue weighted by Crippen LogP contribution is -2.38. The van der Waals surface area contributed by atoms with Crippen LogP contribution < -0.4 is 5.32 Å². The average molecular weight is 285 g/mol. The van der Waals surface area contributed by atoms with Gasteiger partial charge >= 0.3 is 0 Å². The molecule has 0 spiro atoms. The van der Waals surface area contributed by atoms with Crippen LogP contribution in [0.2, 0.25) is 0 Å². The average Bonchev–Trinajstić information content (AvgIpc) is 3.08. The fourth-order valence-corrected chi connectivity index (χ4v) is 4.03. The van der Waals surface area contributed by atoms with Gasteiger partial charge in [-0.15, -0.1) is 0 Å². The zero-order valence-corrected chi connectivity index (χ0v) is 13.3. The van der Waals surface area contributed by atoms with Crippen molar-refractivity contribution in [1.82, 2.24) is 5.32 Å². The predicted octanol–water partition coefficient (Wildman–Crippen LogP) is 4.05. The summed E-state index contributed by atoms with van der Waals surface area (Å²) in [5, 5.41) is 3.27. The Morgan fingerprint density at radius 1 is 1.19 bits per heavy atom. The van der Waals surface area contributed by atoms with Crippen molar-refractivity contribution in [2.75, 3.05) is 0 Å². The van der Waals surface area contributed by atoms with E-state index in [0.717, 1.165) is 18.3 Å². The normalized spacial score (nSPS) is 27.3. The molecule has 3 atom stereocenters. The first-order chi connectivity index (χ1) is 10.1. The van der Waals surface area contributed by atoms with E-state index in [1.807, 2.05) is 0 Å². The molecule has 0 heterocycles. The second kappa shape index (κ2) is 6.21. The largest absolute Gasteiger partial charge is 0.353 e. The summed E-state index contributed by atoms with van der Waals surface area (Å²) in [5.74, 6) is 2.47. The third-order valence-electron chi connectivity index (χ3n) is 5.37. The van der Waals surface area contributed by atoms with Crippen LogP contribution in [0.25, 0.3) is 0 Å². The number of hydrogen-bond donors (Lipinski definition) is 1. The Morgan fingerprint density at radius 2 is 1.95 bits per heavy atom. The number of rotatable bonds is 5. The summed E-state index contributed by atoms with van der Waals surface area (Å²) < 4.78 is 0. The SMILES string of the molecule is CC(C)c1ccc(CCC(=O)N[C@H]2C[C@H]3CC[C@@H]2C3)cc1. The molecule has 2 saturated carbocycles. The quantitative estimate of drug-likeness (QED) is 0.869. The number of nitrogens with one attached hydrogen (secondary N) is 1. The van der Waals surface area contributed by atoms with Gasteiger partial charge in [-0.05, 0) is 54.6 Å². The van der Waals surface area contributed by atoms with Gasteiger partial charge in [0.2, 0.25) is 5.91 Å². The monoisotopic (exact) mass is 285 g/mol. The third kappa shape index (κ3) is 3.48. The molecule has 2 heteroatoms. The zero-order valence-electron chi connectivity index (χ0n) is 13.3. The standard InChI is InChI=1S/C19H27NO/c1-13(2)16-7-3-14(4-8-16)6-10-19(21)20-18-12-15-5-9-17(18)11-15/h3-4,7-8,13,15,17-18H,5-6,9-12H2,1-2H3,(H,20,21)/t15-,17+,18-/m0/s1. The second-order valence-electron chi connectivity index (χ2n) is 7.25. The molecule has 3 rings (SSSR count). The van der Waals surface area contributed by atoms with E-state index in [4.69, 9.17) is 0 Å². The minimum absolute atomic E-state index is 0.237. The van der Waals surface area contributed by atoms with Gasteiger partial charge in [0.15, 0.2) is 0 Å². The van der Waals surface area contributed by atoms with E-state index in [0.29, 0.717) is 18.4 Å². The Bertz CT molecular complexity index is 491. The number of benzene rings is 1. The van der Waals surface area contributed by atoms with Crippen LogP contribution in [-0.2, 0) is 11.2 Å². The molecule has 2 bridgehead atoms. The molecule has 0 radical (unpaired) electrons. The summed E-state index contributed by atoms with van der Waals surface area (Å²) in [6, 6.07) is 9.18. The Kier molecular flexibility index (Phi) is 4.32. The fraction of sp³-hybridized carbons (Fsp3) is 0.632. The van der Waals surface area contributed by atoms with Crippen molar-refractivity contribution in [3.05, 3.63) is 35.4 Å². The Balaban J connectivity index is 1.45. The molecule has 0 aromatic heterocycles. The Hall–Kier alpha value is -1.31. The van der Waals surface area contributed by atoms with Crippen LogP contribution in [0, 0.1) is 11.8 Å². The summed E-state index contributed by atoms with van der Waals surface area (Å²) in [6.07, 6.45) is 6.76. The number of aryl methyl sites for hydroxylation is 1. The first-order valence-electron chi connectivity index (χ1n) is 8.50. The van der Waals surface area contributed by atoms with Crippen LogP contribution in [0.15, 0.2) is 24.3 Å². The first-order valence-corrected chi connectivity index (χ1v) is 8.50.